The maximum Gasteiger partial charge on any atom is 0.214 e. The van der Waals surface area contributed by atoms with E-state index in [9.17, 15) is 0 Å². The lowest BCUT2D eigenvalue weighted by atomic mass is 10.2. The summed E-state index contributed by atoms with van der Waals surface area (Å²) in [6.45, 7) is 0. The van der Waals surface area contributed by atoms with E-state index in [1.165, 1.54) is 11.8 Å². The van der Waals surface area contributed by atoms with E-state index in [1.807, 2.05) is 58.6 Å². The fourth-order valence-corrected chi connectivity index (χ4v) is 3.35. The minimum absolute atomic E-state index is 0.666. The zero-order valence-corrected chi connectivity index (χ0v) is 14.3. The molecule has 7 heteroatoms. The van der Waals surface area contributed by atoms with Crippen LogP contribution in [0.25, 0.3) is 17.1 Å². The molecule has 0 spiro atoms. The van der Waals surface area contributed by atoms with Gasteiger partial charge in [0.05, 0.1) is 12.8 Å². The Morgan fingerprint density at radius 3 is 2.67 bits per heavy atom. The van der Waals surface area contributed by atoms with Gasteiger partial charge in [-0.15, -0.1) is 10.2 Å². The Labute approximate surface area is 148 Å². The van der Waals surface area contributed by atoms with Crippen molar-refractivity contribution in [1.82, 2.24) is 14.9 Å². The van der Waals surface area contributed by atoms with Crippen LogP contribution in [0.2, 0.25) is 5.02 Å². The van der Waals surface area contributed by atoms with E-state index in [1.54, 1.807) is 7.11 Å². The first kappa shape index (κ1) is 15.1. The lowest BCUT2D eigenvalue weighted by Crippen LogP contribution is -2.18. The van der Waals surface area contributed by atoms with Gasteiger partial charge in [-0.05, 0) is 36.4 Å². The highest BCUT2D eigenvalue weighted by Crippen LogP contribution is 2.32. The van der Waals surface area contributed by atoms with Crippen molar-refractivity contribution in [1.29, 1.82) is 0 Å². The molecule has 24 heavy (non-hydrogen) atoms. The van der Waals surface area contributed by atoms with Crippen molar-refractivity contribution in [3.8, 4) is 17.1 Å². The van der Waals surface area contributed by atoms with Crippen molar-refractivity contribution >= 4 is 29.1 Å². The zero-order chi connectivity index (χ0) is 16.5. The lowest BCUT2D eigenvalue weighted by Gasteiger charge is -2.19. The molecule has 0 bridgehead atoms. The Morgan fingerprint density at radius 2 is 1.92 bits per heavy atom. The second kappa shape index (κ2) is 6.22. The van der Waals surface area contributed by atoms with Crippen LogP contribution in [-0.4, -0.2) is 22.0 Å². The first-order valence-corrected chi connectivity index (χ1v) is 8.50. The van der Waals surface area contributed by atoms with Gasteiger partial charge >= 0.3 is 0 Å². The topological polar surface area (TPSA) is 52.0 Å². The SMILES string of the molecule is COc1ccc(C2=CSc3nnc(-c4cccc(Cl)c4)n3N2)cc1. The Kier molecular flexibility index (Phi) is 3.92. The summed E-state index contributed by atoms with van der Waals surface area (Å²) < 4.78 is 7.08. The fourth-order valence-electron chi connectivity index (χ4n) is 2.42. The Bertz CT molecular complexity index is 921. The van der Waals surface area contributed by atoms with Crippen molar-refractivity contribution in [3.05, 3.63) is 64.5 Å². The normalized spacial score (nSPS) is 13.0. The number of nitrogens with zero attached hydrogens (tertiary/aromatic N) is 3. The predicted molar refractivity (Wildman–Crippen MR) is 96.7 cm³/mol. The Hall–Kier alpha value is -2.44. The van der Waals surface area contributed by atoms with Crippen LogP contribution in [0.4, 0.5) is 0 Å². The summed E-state index contributed by atoms with van der Waals surface area (Å²) >= 11 is 7.61. The average molecular weight is 357 g/mol. The average Bonchev–Trinajstić information content (AvgIpc) is 3.05. The highest BCUT2D eigenvalue weighted by Gasteiger charge is 2.19. The van der Waals surface area contributed by atoms with Crippen LogP contribution < -0.4 is 10.2 Å². The summed E-state index contributed by atoms with van der Waals surface area (Å²) in [4.78, 5) is 0. The molecule has 0 unspecified atom stereocenters. The molecule has 1 aliphatic rings. The monoisotopic (exact) mass is 356 g/mol. The summed E-state index contributed by atoms with van der Waals surface area (Å²) in [5.74, 6) is 1.55. The van der Waals surface area contributed by atoms with Crippen molar-refractivity contribution in [3.63, 3.8) is 0 Å². The van der Waals surface area contributed by atoms with Crippen LogP contribution in [0.15, 0.2) is 59.1 Å². The second-order valence-corrected chi connectivity index (χ2v) is 6.41. The van der Waals surface area contributed by atoms with E-state index in [4.69, 9.17) is 16.3 Å². The van der Waals surface area contributed by atoms with Crippen LogP contribution >= 0.6 is 23.4 Å². The van der Waals surface area contributed by atoms with Crippen LogP contribution in [0.3, 0.4) is 0 Å². The Morgan fingerprint density at radius 1 is 1.08 bits per heavy atom. The number of benzene rings is 2. The summed E-state index contributed by atoms with van der Waals surface area (Å²) in [5.41, 5.74) is 6.30. The van der Waals surface area contributed by atoms with E-state index in [0.717, 1.165) is 33.6 Å². The highest BCUT2D eigenvalue weighted by molar-refractivity contribution is 8.02. The zero-order valence-electron chi connectivity index (χ0n) is 12.7. The van der Waals surface area contributed by atoms with Crippen LogP contribution in [0, 0.1) is 0 Å². The molecule has 0 atom stereocenters. The van der Waals surface area contributed by atoms with Gasteiger partial charge in [0, 0.05) is 21.6 Å². The summed E-state index contributed by atoms with van der Waals surface area (Å²) in [6, 6.07) is 15.4. The van der Waals surface area contributed by atoms with Gasteiger partial charge in [0.25, 0.3) is 0 Å². The molecule has 0 amide bonds. The fraction of sp³-hybridized carbons (Fsp3) is 0.0588. The standard InChI is InChI=1S/C17H13ClN4OS/c1-23-14-7-5-11(6-8-14)15-10-24-17-20-19-16(22(17)21-15)12-3-2-4-13(18)9-12/h2-10,21H,1H3. The molecule has 0 aliphatic carbocycles. The van der Waals surface area contributed by atoms with E-state index < -0.39 is 0 Å². The molecule has 1 aliphatic heterocycles. The third-order valence-electron chi connectivity index (χ3n) is 3.63. The van der Waals surface area contributed by atoms with Gasteiger partial charge in [-0.2, -0.15) is 0 Å². The largest absolute Gasteiger partial charge is 0.497 e. The van der Waals surface area contributed by atoms with Crippen molar-refractivity contribution in [2.45, 2.75) is 5.16 Å². The molecule has 3 aromatic rings. The number of hydrogen-bond donors (Lipinski definition) is 1. The van der Waals surface area contributed by atoms with Gasteiger partial charge in [-0.1, -0.05) is 35.5 Å². The minimum Gasteiger partial charge on any atom is -0.497 e. The molecular weight excluding hydrogens is 344 g/mol. The number of fused-ring (bicyclic) bond motifs is 1. The summed E-state index contributed by atoms with van der Waals surface area (Å²) in [7, 11) is 1.66. The van der Waals surface area contributed by atoms with Gasteiger partial charge in [0.15, 0.2) is 5.82 Å². The molecule has 5 nitrogen and oxygen atoms in total. The third kappa shape index (κ3) is 2.74. The third-order valence-corrected chi connectivity index (χ3v) is 4.70. The van der Waals surface area contributed by atoms with E-state index in [0.29, 0.717) is 5.02 Å². The molecule has 1 N–H and O–H groups in total. The van der Waals surface area contributed by atoms with Crippen LogP contribution in [-0.2, 0) is 0 Å². The number of rotatable bonds is 3. The van der Waals surface area contributed by atoms with E-state index >= 15 is 0 Å². The maximum absolute atomic E-state index is 6.09. The smallest absolute Gasteiger partial charge is 0.214 e. The first-order chi connectivity index (χ1) is 11.7. The van der Waals surface area contributed by atoms with Gasteiger partial charge in [0.1, 0.15) is 5.75 Å². The summed E-state index contributed by atoms with van der Waals surface area (Å²) in [6.07, 6.45) is 0. The number of methoxy groups -OCH3 is 1. The quantitative estimate of drug-likeness (QED) is 0.760. The van der Waals surface area contributed by atoms with Gasteiger partial charge in [-0.25, -0.2) is 4.68 Å². The number of nitrogens with one attached hydrogen (secondary N) is 1. The van der Waals surface area contributed by atoms with Gasteiger partial charge in [-0.3, -0.25) is 5.43 Å². The molecule has 0 radical (unpaired) electrons. The molecule has 0 saturated heterocycles. The minimum atomic E-state index is 0.666. The van der Waals surface area contributed by atoms with Crippen molar-refractivity contribution in [2.24, 2.45) is 0 Å². The van der Waals surface area contributed by atoms with E-state index in [2.05, 4.69) is 15.6 Å². The number of hydrogen-bond acceptors (Lipinski definition) is 5. The molecule has 2 heterocycles. The van der Waals surface area contributed by atoms with E-state index in [-0.39, 0.29) is 0 Å². The molecule has 0 saturated carbocycles. The van der Waals surface area contributed by atoms with Crippen LogP contribution in [0.5, 0.6) is 5.75 Å². The lowest BCUT2D eigenvalue weighted by molar-refractivity contribution is 0.415. The molecule has 1 aromatic heterocycles. The van der Waals surface area contributed by atoms with Gasteiger partial charge < -0.3 is 4.74 Å². The molecular formula is C17H13ClN4OS. The molecule has 2 aromatic carbocycles. The van der Waals surface area contributed by atoms with Crippen LogP contribution in [0.1, 0.15) is 5.56 Å². The number of thioether (sulfide) groups is 1. The first-order valence-electron chi connectivity index (χ1n) is 7.24. The van der Waals surface area contributed by atoms with Gasteiger partial charge in [0.2, 0.25) is 5.16 Å². The number of halogens is 1. The molecule has 0 fully saturated rings. The molecule has 120 valence electrons. The second-order valence-electron chi connectivity index (χ2n) is 5.14. The van der Waals surface area contributed by atoms with Crippen molar-refractivity contribution in [2.75, 3.05) is 12.5 Å². The van der Waals surface area contributed by atoms with Crippen molar-refractivity contribution < 1.29 is 4.74 Å². The maximum atomic E-state index is 6.09. The number of ether oxygens (including phenoxy) is 1. The highest BCUT2D eigenvalue weighted by atomic mass is 35.5. The molecule has 4 rings (SSSR count). The predicted octanol–water partition coefficient (Wildman–Crippen LogP) is 4.25. The number of aromatic nitrogens is 3. The summed E-state index contributed by atoms with van der Waals surface area (Å²) in [5, 5.41) is 12.0. The Balaban J connectivity index is 1.67.